The van der Waals surface area contributed by atoms with Crippen LogP contribution in [0.25, 0.3) is 0 Å². The molecule has 0 aliphatic heterocycles. The fraction of sp³-hybridized carbons (Fsp3) is 0.417. The Morgan fingerprint density at radius 3 is 3.06 bits per heavy atom. The molecule has 1 aromatic carbocycles. The Hall–Kier alpha value is -1.08. The van der Waals surface area contributed by atoms with Gasteiger partial charge in [0.2, 0.25) is 5.65 Å². The molecule has 2 rings (SSSR count). The number of methoxy groups -OCH3 is 1. The van der Waals surface area contributed by atoms with Crippen molar-refractivity contribution < 1.29 is 9.53 Å². The molecule has 1 aliphatic carbocycles. The second-order valence-electron chi connectivity index (χ2n) is 4.05. The highest BCUT2D eigenvalue weighted by Gasteiger charge is 2.21. The van der Waals surface area contributed by atoms with Crippen molar-refractivity contribution in [3.8, 4) is 5.75 Å². The molecule has 4 heteroatoms. The molecule has 16 heavy (non-hydrogen) atoms. The number of carbonyl (C=O) groups excluding carboxylic acids is 1. The summed E-state index contributed by atoms with van der Waals surface area (Å²) in [5, 5.41) is 2.94. The standard InChI is InChI=1S/C12H16NO2P/c1-15-11-4-2-3-8-7-9(13-12(14)16)5-6-10(8)11/h2-4,9H,5-7,16H2,1H3,(H,13,14). The maximum Gasteiger partial charge on any atom is 0.234 e. The van der Waals surface area contributed by atoms with Gasteiger partial charge >= 0.3 is 0 Å². The highest BCUT2D eigenvalue weighted by atomic mass is 31.0. The Bertz CT molecular complexity index is 406. The smallest absolute Gasteiger partial charge is 0.234 e. The highest BCUT2D eigenvalue weighted by Crippen LogP contribution is 2.29. The van der Waals surface area contributed by atoms with E-state index in [0.29, 0.717) is 0 Å². The molecule has 2 unspecified atom stereocenters. The second kappa shape index (κ2) is 4.84. The Balaban J connectivity index is 2.18. The van der Waals surface area contributed by atoms with Crippen molar-refractivity contribution in [1.29, 1.82) is 0 Å². The van der Waals surface area contributed by atoms with Crippen LogP contribution in [-0.4, -0.2) is 18.8 Å². The number of hydrogen-bond donors (Lipinski definition) is 1. The van der Waals surface area contributed by atoms with E-state index in [1.807, 2.05) is 12.1 Å². The van der Waals surface area contributed by atoms with E-state index < -0.39 is 0 Å². The highest BCUT2D eigenvalue weighted by molar-refractivity contribution is 7.39. The quantitative estimate of drug-likeness (QED) is 0.800. The summed E-state index contributed by atoms with van der Waals surface area (Å²) in [4.78, 5) is 11.0. The van der Waals surface area contributed by atoms with Gasteiger partial charge in [0.25, 0.3) is 0 Å². The van der Waals surface area contributed by atoms with E-state index in [-0.39, 0.29) is 11.7 Å². The van der Waals surface area contributed by atoms with Gasteiger partial charge in [-0.3, -0.25) is 4.79 Å². The fourth-order valence-electron chi connectivity index (χ4n) is 2.29. The molecule has 1 N–H and O–H groups in total. The van der Waals surface area contributed by atoms with Gasteiger partial charge < -0.3 is 10.1 Å². The number of hydrogen-bond acceptors (Lipinski definition) is 2. The van der Waals surface area contributed by atoms with Crippen molar-refractivity contribution in [3.05, 3.63) is 29.3 Å². The van der Waals surface area contributed by atoms with Crippen LogP contribution in [0.1, 0.15) is 17.5 Å². The third-order valence-corrected chi connectivity index (χ3v) is 3.17. The number of nitrogens with one attached hydrogen (secondary N) is 1. The summed E-state index contributed by atoms with van der Waals surface area (Å²) in [5.41, 5.74) is 2.55. The minimum absolute atomic E-state index is 0.0312. The normalized spacial score (nSPS) is 18.8. The number of fused-ring (bicyclic) bond motifs is 1. The first kappa shape index (κ1) is 11.4. The Labute approximate surface area is 97.8 Å². The first-order valence-electron chi connectivity index (χ1n) is 5.41. The van der Waals surface area contributed by atoms with Crippen LogP contribution < -0.4 is 10.1 Å². The van der Waals surface area contributed by atoms with Crippen LogP contribution in [0.3, 0.4) is 0 Å². The zero-order valence-corrected chi connectivity index (χ0v) is 10.5. The number of amides is 1. The van der Waals surface area contributed by atoms with E-state index >= 15 is 0 Å². The maximum absolute atomic E-state index is 11.0. The second-order valence-corrected chi connectivity index (χ2v) is 4.57. The lowest BCUT2D eigenvalue weighted by molar-refractivity contribution is 0.256. The van der Waals surface area contributed by atoms with Crippen molar-refractivity contribution in [2.45, 2.75) is 25.3 Å². The predicted octanol–water partition coefficient (Wildman–Crippen LogP) is 2.14. The summed E-state index contributed by atoms with van der Waals surface area (Å²) < 4.78 is 5.34. The molecule has 0 bridgehead atoms. The molecule has 0 radical (unpaired) electrons. The monoisotopic (exact) mass is 237 g/mol. The molecule has 0 aromatic heterocycles. The average Bonchev–Trinajstić information content (AvgIpc) is 2.27. The van der Waals surface area contributed by atoms with E-state index in [2.05, 4.69) is 20.6 Å². The molecule has 1 amide bonds. The van der Waals surface area contributed by atoms with Crippen molar-refractivity contribution in [2.24, 2.45) is 0 Å². The minimum Gasteiger partial charge on any atom is -0.496 e. The molecular weight excluding hydrogens is 221 g/mol. The van der Waals surface area contributed by atoms with Crippen molar-refractivity contribution in [1.82, 2.24) is 5.32 Å². The predicted molar refractivity (Wildman–Crippen MR) is 67.0 cm³/mol. The molecule has 0 saturated carbocycles. The van der Waals surface area contributed by atoms with Crippen LogP contribution in [0, 0.1) is 0 Å². The maximum atomic E-state index is 11.0. The van der Waals surface area contributed by atoms with Crippen LogP contribution in [-0.2, 0) is 12.8 Å². The van der Waals surface area contributed by atoms with Crippen molar-refractivity contribution in [2.75, 3.05) is 7.11 Å². The Morgan fingerprint density at radius 2 is 2.38 bits per heavy atom. The van der Waals surface area contributed by atoms with Gasteiger partial charge in [0.1, 0.15) is 5.75 Å². The van der Waals surface area contributed by atoms with Gasteiger partial charge in [-0.05, 0) is 45.7 Å². The average molecular weight is 237 g/mol. The van der Waals surface area contributed by atoms with E-state index in [1.165, 1.54) is 11.1 Å². The van der Waals surface area contributed by atoms with Gasteiger partial charge in [-0.2, -0.15) is 0 Å². The van der Waals surface area contributed by atoms with Crippen LogP contribution in [0.2, 0.25) is 0 Å². The van der Waals surface area contributed by atoms with Crippen molar-refractivity contribution in [3.63, 3.8) is 0 Å². The molecule has 3 nitrogen and oxygen atoms in total. The molecule has 0 saturated heterocycles. The number of benzene rings is 1. The number of carbonyl (C=O) groups is 1. The zero-order chi connectivity index (χ0) is 11.5. The lowest BCUT2D eigenvalue weighted by atomic mass is 9.88. The lowest BCUT2D eigenvalue weighted by Crippen LogP contribution is -2.35. The minimum atomic E-state index is -0.0312. The van der Waals surface area contributed by atoms with Crippen LogP contribution in [0.15, 0.2) is 18.2 Å². The largest absolute Gasteiger partial charge is 0.496 e. The molecule has 0 spiro atoms. The molecule has 1 aliphatic rings. The van der Waals surface area contributed by atoms with Gasteiger partial charge in [0, 0.05) is 6.04 Å². The van der Waals surface area contributed by atoms with E-state index in [0.717, 1.165) is 25.0 Å². The summed E-state index contributed by atoms with van der Waals surface area (Å²) in [5.74, 6) is 0.966. The molecule has 2 atom stereocenters. The molecule has 86 valence electrons. The summed E-state index contributed by atoms with van der Waals surface area (Å²) in [6.45, 7) is 0. The third kappa shape index (κ3) is 2.35. The summed E-state index contributed by atoms with van der Waals surface area (Å²) >= 11 is 0. The van der Waals surface area contributed by atoms with E-state index in [4.69, 9.17) is 4.74 Å². The summed E-state index contributed by atoms with van der Waals surface area (Å²) in [7, 11) is 3.86. The Kier molecular flexibility index (Phi) is 3.45. The zero-order valence-electron chi connectivity index (χ0n) is 9.32. The topological polar surface area (TPSA) is 38.3 Å². The van der Waals surface area contributed by atoms with Gasteiger partial charge in [0.15, 0.2) is 0 Å². The van der Waals surface area contributed by atoms with Crippen LogP contribution in [0.5, 0.6) is 5.75 Å². The lowest BCUT2D eigenvalue weighted by Gasteiger charge is -2.26. The first-order chi connectivity index (χ1) is 7.70. The molecule has 0 fully saturated rings. The Morgan fingerprint density at radius 1 is 1.56 bits per heavy atom. The molecular formula is C12H16NO2P. The molecule has 1 aromatic rings. The van der Waals surface area contributed by atoms with Gasteiger partial charge in [0.05, 0.1) is 7.11 Å². The van der Waals surface area contributed by atoms with Crippen LogP contribution in [0.4, 0.5) is 4.79 Å². The van der Waals surface area contributed by atoms with E-state index in [1.54, 1.807) is 7.11 Å². The molecule has 0 heterocycles. The number of ether oxygens (including phenoxy) is 1. The van der Waals surface area contributed by atoms with Gasteiger partial charge in [-0.1, -0.05) is 12.1 Å². The summed E-state index contributed by atoms with van der Waals surface area (Å²) in [6, 6.07) is 6.36. The van der Waals surface area contributed by atoms with E-state index in [9.17, 15) is 4.79 Å². The van der Waals surface area contributed by atoms with Gasteiger partial charge in [-0.15, -0.1) is 0 Å². The van der Waals surface area contributed by atoms with Crippen molar-refractivity contribution >= 4 is 14.9 Å². The fourth-order valence-corrected chi connectivity index (χ4v) is 2.52. The SMILES string of the molecule is COc1cccc2c1CCC(NC(=O)P)C2. The van der Waals surface area contributed by atoms with Gasteiger partial charge in [-0.25, -0.2) is 0 Å². The van der Waals surface area contributed by atoms with Crippen LogP contribution >= 0.6 is 9.24 Å². The third-order valence-electron chi connectivity index (χ3n) is 3.01. The first-order valence-corrected chi connectivity index (χ1v) is 5.99. The number of rotatable bonds is 2. The summed E-state index contributed by atoms with van der Waals surface area (Å²) in [6.07, 6.45) is 2.84.